The number of rotatable bonds is 14. The zero-order valence-corrected chi connectivity index (χ0v) is 29.8. The highest BCUT2D eigenvalue weighted by atomic mass is 35.5. The maximum Gasteiger partial charge on any atom is 0.387 e. The van der Waals surface area contributed by atoms with E-state index in [9.17, 15) is 26.8 Å². The third-order valence-corrected chi connectivity index (χ3v) is 11.6. The van der Waals surface area contributed by atoms with Gasteiger partial charge in [-0.1, -0.05) is 29.3 Å². The van der Waals surface area contributed by atoms with Crippen LogP contribution in [0.5, 0.6) is 17.2 Å². The first-order chi connectivity index (χ1) is 23.3. The van der Waals surface area contributed by atoms with Crippen LogP contribution in [0.3, 0.4) is 0 Å². The number of carbonyl (C=O) groups is 2. The Morgan fingerprint density at radius 1 is 1.06 bits per heavy atom. The Morgan fingerprint density at radius 3 is 2.39 bits per heavy atom. The number of aromatic nitrogens is 1. The summed E-state index contributed by atoms with van der Waals surface area (Å²) in [7, 11) is 0.0944. The molecule has 1 aliphatic carbocycles. The van der Waals surface area contributed by atoms with Crippen molar-refractivity contribution in [2.75, 3.05) is 40.1 Å². The quantitative estimate of drug-likeness (QED) is 0.179. The largest absolute Gasteiger partial charge is 0.496 e. The van der Waals surface area contributed by atoms with Crippen molar-refractivity contribution in [1.29, 1.82) is 0 Å². The molecule has 5 rings (SSSR count). The van der Waals surface area contributed by atoms with E-state index in [-0.39, 0.29) is 63.1 Å². The number of methoxy groups -OCH3 is 1. The Kier molecular flexibility index (Phi) is 11.8. The molecule has 3 aromatic rings. The average molecular weight is 761 g/mol. The topological polar surface area (TPSA) is 125 Å². The number of thioether (sulfide) groups is 1. The Bertz CT molecular complexity index is 1790. The van der Waals surface area contributed by atoms with Gasteiger partial charge in [0.2, 0.25) is 10.0 Å². The van der Waals surface area contributed by atoms with E-state index in [2.05, 4.69) is 9.72 Å². The molecule has 11 nitrogen and oxygen atoms in total. The first-order valence-electron chi connectivity index (χ1n) is 15.0. The number of pyridine rings is 1. The number of halogens is 4. The zero-order chi connectivity index (χ0) is 35.5. The molecule has 0 N–H and O–H groups in total. The summed E-state index contributed by atoms with van der Waals surface area (Å²) < 4.78 is 77.1. The minimum atomic E-state index is -4.32. The van der Waals surface area contributed by atoms with Gasteiger partial charge < -0.3 is 23.8 Å². The van der Waals surface area contributed by atoms with Crippen molar-refractivity contribution in [1.82, 2.24) is 14.2 Å². The highest BCUT2D eigenvalue weighted by Crippen LogP contribution is 2.39. The van der Waals surface area contributed by atoms with Crippen LogP contribution in [0.25, 0.3) is 0 Å². The van der Waals surface area contributed by atoms with E-state index in [1.807, 2.05) is 0 Å². The van der Waals surface area contributed by atoms with Gasteiger partial charge in [-0.2, -0.15) is 13.1 Å². The van der Waals surface area contributed by atoms with Crippen LogP contribution in [-0.2, 0) is 26.0 Å². The average Bonchev–Trinajstić information content (AvgIpc) is 3.76. The number of esters is 1. The molecule has 1 saturated carbocycles. The molecule has 2 aromatic carbocycles. The molecule has 2 fully saturated rings. The summed E-state index contributed by atoms with van der Waals surface area (Å²) in [6, 6.07) is 8.07. The van der Waals surface area contributed by atoms with E-state index in [0.29, 0.717) is 17.0 Å². The van der Waals surface area contributed by atoms with Gasteiger partial charge in [0.05, 0.1) is 34.2 Å². The van der Waals surface area contributed by atoms with Crippen molar-refractivity contribution >= 4 is 56.9 Å². The maximum atomic E-state index is 13.9. The van der Waals surface area contributed by atoms with Crippen LogP contribution in [-0.4, -0.2) is 86.6 Å². The van der Waals surface area contributed by atoms with E-state index in [4.69, 9.17) is 37.4 Å². The number of carbonyl (C=O) groups excluding carboxylic acids is 2. The summed E-state index contributed by atoms with van der Waals surface area (Å²) in [6.45, 7) is -2.83. The second-order valence-corrected chi connectivity index (χ2v) is 15.3. The molecule has 1 amide bonds. The van der Waals surface area contributed by atoms with Crippen molar-refractivity contribution in [3.63, 3.8) is 0 Å². The first-order valence-corrected chi connectivity index (χ1v) is 18.3. The van der Waals surface area contributed by atoms with E-state index in [1.165, 1.54) is 74.9 Å². The Hall–Kier alpha value is -3.37. The predicted octanol–water partition coefficient (Wildman–Crippen LogP) is 6.08. The molecule has 2 heterocycles. The van der Waals surface area contributed by atoms with Gasteiger partial charge in [-0.3, -0.25) is 9.78 Å². The van der Waals surface area contributed by atoms with Crippen LogP contribution in [0.2, 0.25) is 10.0 Å². The summed E-state index contributed by atoms with van der Waals surface area (Å²) in [5.41, 5.74) is 0.762. The number of alkyl halides is 2. The van der Waals surface area contributed by atoms with Gasteiger partial charge in [0.1, 0.15) is 11.9 Å². The van der Waals surface area contributed by atoms with Gasteiger partial charge in [0.25, 0.3) is 5.91 Å². The summed E-state index contributed by atoms with van der Waals surface area (Å²) in [5.74, 6) is -0.762. The number of sulfonamides is 1. The normalized spacial score (nSPS) is 17.1. The minimum absolute atomic E-state index is 0.0126. The standard InChI is InChI=1S/C32H33Cl2F2N3O8S2/c1-38(2)29(40)22-13-20(7-9-25(22)44-3)49(42,43)39-10-11-48-30(39)31(41)46-27(14-21-23(33)15-37-16-24(21)34)19-6-8-26(47-32(35)36)28(12-19)45-17-18-4-5-18/h6-9,12-13,15-16,18,27,30,32H,4-5,10-11,14,17H2,1-3H3/t27-,30-/m0/s1. The first kappa shape index (κ1) is 36.9. The summed E-state index contributed by atoms with van der Waals surface area (Å²) in [4.78, 5) is 31.7. The summed E-state index contributed by atoms with van der Waals surface area (Å²) in [6.07, 6.45) is 3.46. The molecule has 264 valence electrons. The fourth-order valence-electron chi connectivity index (χ4n) is 5.05. The molecular formula is C32H33Cl2F2N3O8S2. The van der Waals surface area contributed by atoms with Gasteiger partial charge in [-0.05, 0) is 60.2 Å². The lowest BCUT2D eigenvalue weighted by atomic mass is 10.0. The van der Waals surface area contributed by atoms with Crippen LogP contribution in [0, 0.1) is 5.92 Å². The predicted molar refractivity (Wildman–Crippen MR) is 179 cm³/mol. The van der Waals surface area contributed by atoms with Crippen LogP contribution in [0.15, 0.2) is 53.7 Å². The van der Waals surface area contributed by atoms with E-state index >= 15 is 0 Å². The molecule has 2 atom stereocenters. The fourth-order valence-corrected chi connectivity index (χ4v) is 8.64. The van der Waals surface area contributed by atoms with Crippen molar-refractivity contribution in [3.8, 4) is 17.2 Å². The molecule has 1 aliphatic heterocycles. The van der Waals surface area contributed by atoms with Crippen molar-refractivity contribution in [2.45, 2.75) is 42.2 Å². The van der Waals surface area contributed by atoms with Gasteiger partial charge in [0, 0.05) is 45.2 Å². The lowest BCUT2D eigenvalue weighted by Crippen LogP contribution is -2.40. The number of benzene rings is 2. The molecule has 49 heavy (non-hydrogen) atoms. The maximum absolute atomic E-state index is 13.9. The Labute approximate surface area is 296 Å². The molecule has 1 saturated heterocycles. The molecule has 2 aliphatic rings. The number of amides is 1. The van der Waals surface area contributed by atoms with E-state index in [0.717, 1.165) is 28.9 Å². The smallest absolute Gasteiger partial charge is 0.387 e. The van der Waals surface area contributed by atoms with Crippen molar-refractivity contribution < 1.29 is 45.7 Å². The molecule has 1 aromatic heterocycles. The molecular weight excluding hydrogens is 727 g/mol. The summed E-state index contributed by atoms with van der Waals surface area (Å²) in [5, 5.41) is -0.908. The number of ether oxygens (including phenoxy) is 4. The van der Waals surface area contributed by atoms with Crippen molar-refractivity contribution in [3.05, 3.63) is 75.5 Å². The third kappa shape index (κ3) is 8.69. The highest BCUT2D eigenvalue weighted by Gasteiger charge is 2.42. The highest BCUT2D eigenvalue weighted by molar-refractivity contribution is 8.02. The minimum Gasteiger partial charge on any atom is -0.496 e. The molecule has 0 radical (unpaired) electrons. The number of hydrogen-bond donors (Lipinski definition) is 0. The number of hydrogen-bond acceptors (Lipinski definition) is 10. The van der Waals surface area contributed by atoms with E-state index in [1.54, 1.807) is 0 Å². The fraction of sp³-hybridized carbons (Fsp3) is 0.406. The number of nitrogens with zero attached hydrogens (tertiary/aromatic N) is 3. The molecule has 17 heteroatoms. The van der Waals surface area contributed by atoms with Crippen LogP contribution >= 0.6 is 35.0 Å². The van der Waals surface area contributed by atoms with Crippen LogP contribution < -0.4 is 14.2 Å². The van der Waals surface area contributed by atoms with Gasteiger partial charge >= 0.3 is 12.6 Å². The Balaban J connectivity index is 1.47. The van der Waals surface area contributed by atoms with Gasteiger partial charge in [-0.15, -0.1) is 11.8 Å². The lowest BCUT2D eigenvalue weighted by molar-refractivity contribution is -0.150. The second kappa shape index (κ2) is 15.7. The van der Waals surface area contributed by atoms with Crippen LogP contribution in [0.1, 0.15) is 40.4 Å². The zero-order valence-electron chi connectivity index (χ0n) is 26.6. The second-order valence-electron chi connectivity index (χ2n) is 11.5. The SMILES string of the molecule is COc1ccc(S(=O)(=O)N2CCS[C@H]2C(=O)O[C@@H](Cc2c(Cl)cncc2Cl)c2ccc(OC(F)F)c(OCC3CC3)c2)cc1C(=O)N(C)C. The molecule has 0 spiro atoms. The van der Waals surface area contributed by atoms with E-state index < -0.39 is 40.0 Å². The summed E-state index contributed by atoms with van der Waals surface area (Å²) >= 11 is 13.9. The molecule has 0 bridgehead atoms. The molecule has 0 unspecified atom stereocenters. The Morgan fingerprint density at radius 2 is 1.76 bits per heavy atom. The van der Waals surface area contributed by atoms with Gasteiger partial charge in [0.15, 0.2) is 16.9 Å². The van der Waals surface area contributed by atoms with Gasteiger partial charge in [-0.25, -0.2) is 13.2 Å². The lowest BCUT2D eigenvalue weighted by Gasteiger charge is -2.26. The van der Waals surface area contributed by atoms with Crippen LogP contribution in [0.4, 0.5) is 8.78 Å². The van der Waals surface area contributed by atoms with Crippen molar-refractivity contribution in [2.24, 2.45) is 5.92 Å². The third-order valence-electron chi connectivity index (χ3n) is 7.79. The monoisotopic (exact) mass is 759 g/mol.